The number of aliphatic imine (C=N–C) groups is 1. The topological polar surface area (TPSA) is 84.0 Å². The first-order chi connectivity index (χ1) is 14.1. The molecule has 7 heteroatoms. The number of hydrogen-bond acceptors (Lipinski definition) is 4. The number of guanidine groups is 1. The summed E-state index contributed by atoms with van der Waals surface area (Å²) in [5, 5.41) is 9.33. The number of rotatable bonds is 10. The largest absolute Gasteiger partial charge is 0.493 e. The Bertz CT molecular complexity index is 808. The van der Waals surface area contributed by atoms with E-state index in [-0.39, 0.29) is 5.91 Å². The maximum Gasteiger partial charge on any atom is 0.221 e. The van der Waals surface area contributed by atoms with Gasteiger partial charge in [-0.2, -0.15) is 0 Å². The summed E-state index contributed by atoms with van der Waals surface area (Å²) in [4.78, 5) is 15.9. The van der Waals surface area contributed by atoms with Crippen molar-refractivity contribution in [3.8, 4) is 5.75 Å². The lowest BCUT2D eigenvalue weighted by Crippen LogP contribution is -2.30. The molecule has 3 N–H and O–H groups in total. The van der Waals surface area contributed by atoms with Gasteiger partial charge >= 0.3 is 0 Å². The second-order valence-electron chi connectivity index (χ2n) is 6.42. The van der Waals surface area contributed by atoms with Crippen LogP contribution in [0.4, 0.5) is 11.4 Å². The van der Waals surface area contributed by atoms with Gasteiger partial charge in [0, 0.05) is 51.0 Å². The highest BCUT2D eigenvalue weighted by molar-refractivity contribution is 5.93. The molecular weight excluding hydrogens is 368 g/mol. The second-order valence-corrected chi connectivity index (χ2v) is 6.42. The molecule has 0 saturated carbocycles. The molecule has 7 nitrogen and oxygen atoms in total. The van der Waals surface area contributed by atoms with E-state index in [1.807, 2.05) is 55.5 Å². The molecule has 0 aliphatic rings. The summed E-state index contributed by atoms with van der Waals surface area (Å²) < 4.78 is 10.8. The lowest BCUT2D eigenvalue weighted by molar-refractivity contribution is -0.114. The van der Waals surface area contributed by atoms with Gasteiger partial charge in [-0.1, -0.05) is 18.2 Å². The number of anilines is 2. The van der Waals surface area contributed by atoms with Gasteiger partial charge in [0.25, 0.3) is 0 Å². The lowest BCUT2D eigenvalue weighted by atomic mass is 10.2. The van der Waals surface area contributed by atoms with Crippen molar-refractivity contribution in [3.63, 3.8) is 0 Å². The molecule has 29 heavy (non-hydrogen) atoms. The van der Waals surface area contributed by atoms with Gasteiger partial charge in [-0.05, 0) is 36.8 Å². The molecule has 0 atom stereocenters. The molecule has 156 valence electrons. The van der Waals surface area contributed by atoms with E-state index in [0.717, 1.165) is 35.7 Å². The quantitative estimate of drug-likeness (QED) is 0.323. The summed E-state index contributed by atoms with van der Waals surface area (Å²) in [6.07, 6.45) is 0.843. The minimum absolute atomic E-state index is 0.0926. The van der Waals surface area contributed by atoms with Crippen LogP contribution in [0.5, 0.6) is 5.75 Å². The van der Waals surface area contributed by atoms with Crippen molar-refractivity contribution >= 4 is 23.2 Å². The number of carbonyl (C=O) groups excluding carboxylic acids is 1. The van der Waals surface area contributed by atoms with Crippen molar-refractivity contribution < 1.29 is 14.3 Å². The number of nitrogens with zero attached hydrogens (tertiary/aromatic N) is 1. The number of ether oxygens (including phenoxy) is 2. The van der Waals surface area contributed by atoms with Crippen LogP contribution >= 0.6 is 0 Å². The van der Waals surface area contributed by atoms with Crippen LogP contribution in [0.15, 0.2) is 53.5 Å². The van der Waals surface area contributed by atoms with Gasteiger partial charge in [0.1, 0.15) is 5.75 Å². The van der Waals surface area contributed by atoms with E-state index in [1.54, 1.807) is 7.11 Å². The molecule has 0 fully saturated rings. The Morgan fingerprint density at radius 2 is 1.79 bits per heavy atom. The van der Waals surface area contributed by atoms with Gasteiger partial charge in [-0.3, -0.25) is 4.79 Å². The van der Waals surface area contributed by atoms with Crippen LogP contribution in [0.1, 0.15) is 25.8 Å². The zero-order chi connectivity index (χ0) is 20.9. The predicted octanol–water partition coefficient (Wildman–Crippen LogP) is 3.64. The third kappa shape index (κ3) is 8.66. The molecule has 2 aromatic rings. The second kappa shape index (κ2) is 12.4. The SMILES string of the molecule is CCNC(=NCc1cccc(NC(C)=O)c1)Nc1cccc(OCCCOC)c1. The van der Waals surface area contributed by atoms with E-state index in [1.165, 1.54) is 6.92 Å². The Labute approximate surface area is 172 Å². The molecule has 2 aromatic carbocycles. The zero-order valence-corrected chi connectivity index (χ0v) is 17.3. The van der Waals surface area contributed by atoms with Crippen LogP contribution in [0.2, 0.25) is 0 Å². The van der Waals surface area contributed by atoms with Crippen molar-refractivity contribution in [1.29, 1.82) is 0 Å². The Kier molecular flexibility index (Phi) is 9.51. The van der Waals surface area contributed by atoms with Gasteiger partial charge in [0.05, 0.1) is 13.2 Å². The number of hydrogen-bond donors (Lipinski definition) is 3. The van der Waals surface area contributed by atoms with E-state index >= 15 is 0 Å². The molecule has 0 heterocycles. The third-order valence-corrected chi connectivity index (χ3v) is 3.87. The van der Waals surface area contributed by atoms with E-state index in [4.69, 9.17) is 9.47 Å². The van der Waals surface area contributed by atoms with E-state index in [9.17, 15) is 4.79 Å². The first-order valence-corrected chi connectivity index (χ1v) is 9.74. The first-order valence-electron chi connectivity index (χ1n) is 9.74. The normalized spacial score (nSPS) is 11.1. The summed E-state index contributed by atoms with van der Waals surface area (Å²) in [5.74, 6) is 1.38. The molecule has 0 aromatic heterocycles. The molecular formula is C22H30N4O3. The summed E-state index contributed by atoms with van der Waals surface area (Å²) in [5.41, 5.74) is 2.66. The summed E-state index contributed by atoms with van der Waals surface area (Å²) >= 11 is 0. The Morgan fingerprint density at radius 3 is 2.52 bits per heavy atom. The lowest BCUT2D eigenvalue weighted by Gasteiger charge is -2.13. The molecule has 0 saturated heterocycles. The fraction of sp³-hybridized carbons (Fsp3) is 0.364. The molecule has 0 bridgehead atoms. The van der Waals surface area contributed by atoms with Crippen molar-refractivity contribution in [2.75, 3.05) is 37.5 Å². The van der Waals surface area contributed by atoms with Gasteiger partial charge in [0.2, 0.25) is 5.91 Å². The van der Waals surface area contributed by atoms with Crippen LogP contribution in [-0.2, 0) is 16.1 Å². The number of benzene rings is 2. The van der Waals surface area contributed by atoms with Crippen molar-refractivity contribution in [2.45, 2.75) is 26.8 Å². The van der Waals surface area contributed by atoms with E-state index in [2.05, 4.69) is 20.9 Å². The predicted molar refractivity (Wildman–Crippen MR) is 118 cm³/mol. The Hall–Kier alpha value is -3.06. The monoisotopic (exact) mass is 398 g/mol. The van der Waals surface area contributed by atoms with Crippen LogP contribution in [-0.4, -0.2) is 38.7 Å². The number of methoxy groups -OCH3 is 1. The van der Waals surface area contributed by atoms with Gasteiger partial charge in [-0.15, -0.1) is 0 Å². The summed E-state index contributed by atoms with van der Waals surface area (Å²) in [6.45, 7) is 6.02. The van der Waals surface area contributed by atoms with Gasteiger partial charge in [-0.25, -0.2) is 4.99 Å². The summed E-state index contributed by atoms with van der Waals surface area (Å²) in [6, 6.07) is 15.4. The minimum Gasteiger partial charge on any atom is -0.493 e. The highest BCUT2D eigenvalue weighted by Gasteiger charge is 2.03. The van der Waals surface area contributed by atoms with E-state index in [0.29, 0.717) is 25.7 Å². The zero-order valence-electron chi connectivity index (χ0n) is 17.3. The number of amides is 1. The Morgan fingerprint density at radius 1 is 1.03 bits per heavy atom. The van der Waals surface area contributed by atoms with Crippen LogP contribution in [0.25, 0.3) is 0 Å². The molecule has 0 spiro atoms. The summed E-state index contributed by atoms with van der Waals surface area (Å²) in [7, 11) is 1.68. The molecule has 0 aliphatic heterocycles. The van der Waals surface area contributed by atoms with Crippen LogP contribution < -0.4 is 20.7 Å². The minimum atomic E-state index is -0.0926. The van der Waals surface area contributed by atoms with Crippen LogP contribution in [0, 0.1) is 0 Å². The Balaban J connectivity index is 2.01. The molecule has 2 rings (SSSR count). The van der Waals surface area contributed by atoms with Crippen molar-refractivity contribution in [2.24, 2.45) is 4.99 Å². The maximum atomic E-state index is 11.2. The highest BCUT2D eigenvalue weighted by Crippen LogP contribution is 2.18. The maximum absolute atomic E-state index is 11.2. The average molecular weight is 399 g/mol. The molecule has 1 amide bonds. The smallest absolute Gasteiger partial charge is 0.221 e. The fourth-order valence-electron chi connectivity index (χ4n) is 2.62. The average Bonchev–Trinajstić information content (AvgIpc) is 2.70. The van der Waals surface area contributed by atoms with Gasteiger partial charge < -0.3 is 25.4 Å². The van der Waals surface area contributed by atoms with Crippen molar-refractivity contribution in [1.82, 2.24) is 5.32 Å². The number of nitrogens with one attached hydrogen (secondary N) is 3. The molecule has 0 radical (unpaired) electrons. The highest BCUT2D eigenvalue weighted by atomic mass is 16.5. The first kappa shape index (κ1) is 22.2. The van der Waals surface area contributed by atoms with E-state index < -0.39 is 0 Å². The third-order valence-electron chi connectivity index (χ3n) is 3.87. The fourth-order valence-corrected chi connectivity index (χ4v) is 2.62. The van der Waals surface area contributed by atoms with Crippen molar-refractivity contribution in [3.05, 3.63) is 54.1 Å². The molecule has 0 aliphatic carbocycles. The van der Waals surface area contributed by atoms with Crippen LogP contribution in [0.3, 0.4) is 0 Å². The standard InChI is InChI=1S/C22H30N4O3/c1-4-23-22(24-16-18-8-5-9-19(14-18)25-17(2)27)26-20-10-6-11-21(15-20)29-13-7-12-28-3/h5-6,8-11,14-15H,4,7,12-13,16H2,1-3H3,(H,25,27)(H2,23,24,26). The molecule has 0 unspecified atom stereocenters. The van der Waals surface area contributed by atoms with Gasteiger partial charge in [0.15, 0.2) is 5.96 Å². The number of carbonyl (C=O) groups is 1.